The number of carbonyl (C=O) groups is 2. The van der Waals surface area contributed by atoms with Gasteiger partial charge in [-0.15, -0.1) is 0 Å². The molecule has 0 saturated heterocycles. The Hall–Kier alpha value is -2.60. The van der Waals surface area contributed by atoms with E-state index in [1.807, 2.05) is 44.2 Å². The predicted molar refractivity (Wildman–Crippen MR) is 99.1 cm³/mol. The van der Waals surface area contributed by atoms with Crippen LogP contribution >= 0.6 is 0 Å². The van der Waals surface area contributed by atoms with Crippen LogP contribution in [-0.4, -0.2) is 35.8 Å². The zero-order valence-corrected chi connectivity index (χ0v) is 15.2. The van der Waals surface area contributed by atoms with Crippen molar-refractivity contribution in [2.24, 2.45) is 11.7 Å². The average molecular weight is 355 g/mol. The van der Waals surface area contributed by atoms with E-state index in [0.29, 0.717) is 13.1 Å². The molecule has 0 unspecified atom stereocenters. The highest BCUT2D eigenvalue weighted by molar-refractivity contribution is 5.87. The van der Waals surface area contributed by atoms with Gasteiger partial charge in [0.25, 0.3) is 0 Å². The maximum atomic E-state index is 12.4. The van der Waals surface area contributed by atoms with Crippen LogP contribution in [0, 0.1) is 5.92 Å². The third kappa shape index (κ3) is 3.96. The second-order valence-electron chi connectivity index (χ2n) is 6.98. The number of benzene rings is 1. The Kier molecular flexibility index (Phi) is 5.42. The summed E-state index contributed by atoms with van der Waals surface area (Å²) >= 11 is 0. The van der Waals surface area contributed by atoms with E-state index in [1.54, 1.807) is 4.90 Å². The first-order valence-electron chi connectivity index (χ1n) is 8.93. The minimum Gasteiger partial charge on any atom is -0.459 e. The maximum Gasteiger partial charge on any atom is 0.242 e. The van der Waals surface area contributed by atoms with Crippen molar-refractivity contribution >= 4 is 11.8 Å². The van der Waals surface area contributed by atoms with Gasteiger partial charge in [0.1, 0.15) is 11.5 Å². The zero-order chi connectivity index (χ0) is 18.7. The third-order valence-corrected chi connectivity index (χ3v) is 4.73. The molecule has 1 atom stereocenters. The van der Waals surface area contributed by atoms with Crippen molar-refractivity contribution in [3.8, 4) is 11.3 Å². The van der Waals surface area contributed by atoms with Gasteiger partial charge in [0.05, 0.1) is 19.1 Å². The normalized spacial score (nSPS) is 14.8. The Bertz CT molecular complexity index is 783. The zero-order valence-electron chi connectivity index (χ0n) is 15.2. The highest BCUT2D eigenvalue weighted by Gasteiger charge is 2.25. The molecular weight excluding hydrogens is 330 g/mol. The number of nitrogens with zero attached hydrogens (tertiary/aromatic N) is 1. The van der Waals surface area contributed by atoms with Gasteiger partial charge in [-0.05, 0) is 24.0 Å². The molecular formula is C20H25N3O3. The fraction of sp³-hybridized carbons (Fsp3) is 0.400. The number of furan rings is 1. The SMILES string of the molecule is CC(C)[C@H](N)C(=O)NCC(=O)N1CCc2cc(-c3ccccc3)oc2C1. The Labute approximate surface area is 153 Å². The van der Waals surface area contributed by atoms with Crippen molar-refractivity contribution in [3.63, 3.8) is 0 Å². The van der Waals surface area contributed by atoms with Gasteiger partial charge in [0.2, 0.25) is 11.8 Å². The van der Waals surface area contributed by atoms with Gasteiger partial charge in [0.15, 0.2) is 0 Å². The van der Waals surface area contributed by atoms with E-state index >= 15 is 0 Å². The highest BCUT2D eigenvalue weighted by atomic mass is 16.3. The van der Waals surface area contributed by atoms with Gasteiger partial charge >= 0.3 is 0 Å². The fourth-order valence-corrected chi connectivity index (χ4v) is 2.97. The lowest BCUT2D eigenvalue weighted by molar-refractivity contribution is -0.134. The van der Waals surface area contributed by atoms with Crippen LogP contribution in [0.2, 0.25) is 0 Å². The van der Waals surface area contributed by atoms with Crippen molar-refractivity contribution in [1.82, 2.24) is 10.2 Å². The number of carbonyl (C=O) groups excluding carboxylic acids is 2. The summed E-state index contributed by atoms with van der Waals surface area (Å²) in [6, 6.07) is 11.4. The molecule has 0 saturated carbocycles. The van der Waals surface area contributed by atoms with Crippen LogP contribution in [0.3, 0.4) is 0 Å². The van der Waals surface area contributed by atoms with Crippen molar-refractivity contribution in [1.29, 1.82) is 0 Å². The number of fused-ring (bicyclic) bond motifs is 1. The Morgan fingerprint density at radius 2 is 2.00 bits per heavy atom. The van der Waals surface area contributed by atoms with E-state index in [2.05, 4.69) is 11.4 Å². The Morgan fingerprint density at radius 3 is 2.69 bits per heavy atom. The number of rotatable bonds is 5. The van der Waals surface area contributed by atoms with Crippen molar-refractivity contribution in [3.05, 3.63) is 47.7 Å². The van der Waals surface area contributed by atoms with Crippen LogP contribution in [-0.2, 0) is 22.6 Å². The number of amides is 2. The molecule has 0 aliphatic carbocycles. The van der Waals surface area contributed by atoms with Gasteiger partial charge in [-0.25, -0.2) is 0 Å². The van der Waals surface area contributed by atoms with Crippen LogP contribution in [0.4, 0.5) is 0 Å². The molecule has 6 heteroatoms. The number of hydrogen-bond donors (Lipinski definition) is 2. The lowest BCUT2D eigenvalue weighted by Crippen LogP contribution is -2.48. The highest BCUT2D eigenvalue weighted by Crippen LogP contribution is 2.29. The molecule has 0 radical (unpaired) electrons. The van der Waals surface area contributed by atoms with Crippen LogP contribution in [0.15, 0.2) is 40.8 Å². The van der Waals surface area contributed by atoms with E-state index < -0.39 is 6.04 Å². The molecule has 1 aromatic carbocycles. The number of nitrogens with two attached hydrogens (primary N) is 1. The van der Waals surface area contributed by atoms with Crippen LogP contribution < -0.4 is 11.1 Å². The van der Waals surface area contributed by atoms with Gasteiger partial charge < -0.3 is 20.4 Å². The lowest BCUT2D eigenvalue weighted by atomic mass is 10.0. The van der Waals surface area contributed by atoms with E-state index in [-0.39, 0.29) is 24.3 Å². The Balaban J connectivity index is 1.60. The van der Waals surface area contributed by atoms with E-state index in [4.69, 9.17) is 10.2 Å². The summed E-state index contributed by atoms with van der Waals surface area (Å²) in [4.78, 5) is 26.0. The molecule has 3 N–H and O–H groups in total. The molecule has 1 aliphatic rings. The second-order valence-corrected chi connectivity index (χ2v) is 6.98. The summed E-state index contributed by atoms with van der Waals surface area (Å²) in [5.41, 5.74) is 7.95. The molecule has 2 heterocycles. The maximum absolute atomic E-state index is 12.4. The molecule has 1 aromatic heterocycles. The van der Waals surface area contributed by atoms with Crippen molar-refractivity contribution in [2.75, 3.05) is 13.1 Å². The second kappa shape index (κ2) is 7.74. The molecule has 3 rings (SSSR count). The summed E-state index contributed by atoms with van der Waals surface area (Å²) in [6.07, 6.45) is 0.747. The minimum absolute atomic E-state index is 0.0298. The van der Waals surface area contributed by atoms with Crippen LogP contribution in [0.25, 0.3) is 11.3 Å². The average Bonchev–Trinajstić information content (AvgIpc) is 3.09. The summed E-state index contributed by atoms with van der Waals surface area (Å²) < 4.78 is 5.97. The summed E-state index contributed by atoms with van der Waals surface area (Å²) in [5.74, 6) is 1.24. The van der Waals surface area contributed by atoms with Gasteiger partial charge in [0, 0.05) is 12.1 Å². The first kappa shape index (κ1) is 18.2. The largest absolute Gasteiger partial charge is 0.459 e. The molecule has 0 spiro atoms. The van der Waals surface area contributed by atoms with Gasteiger partial charge in [-0.1, -0.05) is 44.2 Å². The molecule has 2 aromatic rings. The lowest BCUT2D eigenvalue weighted by Gasteiger charge is -2.26. The first-order valence-corrected chi connectivity index (χ1v) is 8.93. The van der Waals surface area contributed by atoms with Crippen molar-refractivity contribution in [2.45, 2.75) is 32.9 Å². The third-order valence-electron chi connectivity index (χ3n) is 4.73. The van der Waals surface area contributed by atoms with E-state index in [9.17, 15) is 9.59 Å². The molecule has 26 heavy (non-hydrogen) atoms. The molecule has 1 aliphatic heterocycles. The summed E-state index contributed by atoms with van der Waals surface area (Å²) in [7, 11) is 0. The van der Waals surface area contributed by atoms with Crippen molar-refractivity contribution < 1.29 is 14.0 Å². The monoisotopic (exact) mass is 355 g/mol. The molecule has 6 nitrogen and oxygen atoms in total. The standard InChI is InChI=1S/C20H25N3O3/c1-13(2)19(21)20(25)22-11-18(24)23-9-8-15-10-16(26-17(15)12-23)14-6-4-3-5-7-14/h3-7,10,13,19H,8-9,11-12,21H2,1-2H3,(H,22,25)/t19-/m0/s1. The molecule has 138 valence electrons. The van der Waals surface area contributed by atoms with E-state index in [1.165, 1.54) is 0 Å². The molecule has 2 amide bonds. The van der Waals surface area contributed by atoms with Crippen LogP contribution in [0.1, 0.15) is 25.2 Å². The predicted octanol–water partition coefficient (Wildman–Crippen LogP) is 1.93. The van der Waals surface area contributed by atoms with Crippen LogP contribution in [0.5, 0.6) is 0 Å². The quantitative estimate of drug-likeness (QED) is 0.858. The Morgan fingerprint density at radius 1 is 1.27 bits per heavy atom. The first-order chi connectivity index (χ1) is 12.5. The molecule has 0 fully saturated rings. The number of nitrogens with one attached hydrogen (secondary N) is 1. The topological polar surface area (TPSA) is 88.6 Å². The summed E-state index contributed by atoms with van der Waals surface area (Å²) in [5, 5.41) is 2.63. The van der Waals surface area contributed by atoms with E-state index in [0.717, 1.165) is 29.1 Å². The smallest absolute Gasteiger partial charge is 0.242 e. The van der Waals surface area contributed by atoms with Gasteiger partial charge in [-0.3, -0.25) is 9.59 Å². The summed E-state index contributed by atoms with van der Waals surface area (Å²) in [6.45, 7) is 4.75. The minimum atomic E-state index is -0.603. The number of hydrogen-bond acceptors (Lipinski definition) is 4. The fourth-order valence-electron chi connectivity index (χ4n) is 2.97. The molecule has 0 bridgehead atoms. The van der Waals surface area contributed by atoms with Gasteiger partial charge in [-0.2, -0.15) is 0 Å².